The number of azo groups is 1. The molecule has 1 heterocycles. The molecule has 11 heteroatoms. The van der Waals surface area contributed by atoms with E-state index >= 15 is 0 Å². The summed E-state index contributed by atoms with van der Waals surface area (Å²) in [7, 11) is 0. The van der Waals surface area contributed by atoms with Crippen molar-refractivity contribution in [3.05, 3.63) is 76.0 Å². The zero-order chi connectivity index (χ0) is 21.3. The molecule has 150 valence electrons. The van der Waals surface area contributed by atoms with E-state index < -0.39 is 10.9 Å². The van der Waals surface area contributed by atoms with E-state index in [1.807, 2.05) is 30.3 Å². The van der Waals surface area contributed by atoms with Crippen LogP contribution in [0, 0.1) is 21.4 Å². The van der Waals surface area contributed by atoms with E-state index in [0.717, 1.165) is 23.1 Å². The molecule has 0 atom stereocenters. The molecule has 0 spiro atoms. The molecule has 0 fully saturated rings. The van der Waals surface area contributed by atoms with Crippen LogP contribution in [0.3, 0.4) is 0 Å². The number of nitriles is 1. The third kappa shape index (κ3) is 5.43. The minimum Gasteiger partial charge on any atom is -0.447 e. The van der Waals surface area contributed by atoms with Crippen molar-refractivity contribution in [2.24, 2.45) is 10.2 Å². The molecule has 0 saturated carbocycles. The minimum absolute atomic E-state index is 0.113. The number of hydrogen-bond acceptors (Lipinski definition) is 10. The van der Waals surface area contributed by atoms with Crippen molar-refractivity contribution >= 4 is 38.8 Å². The lowest BCUT2D eigenvalue weighted by atomic mass is 10.1. The number of ether oxygens (including phenoxy) is 1. The molecule has 0 amide bonds. The first-order chi connectivity index (χ1) is 14.6. The molecule has 10 nitrogen and oxygen atoms in total. The number of nitrogens with one attached hydrogen (secondary N) is 1. The van der Waals surface area contributed by atoms with Crippen LogP contribution in [0.2, 0.25) is 0 Å². The number of carbonyl (C=O) groups excluding carboxylic acids is 1. The van der Waals surface area contributed by atoms with Crippen LogP contribution in [0.1, 0.15) is 15.9 Å². The van der Waals surface area contributed by atoms with Crippen LogP contribution in [0.25, 0.3) is 0 Å². The summed E-state index contributed by atoms with van der Waals surface area (Å²) < 4.78 is 4.92. The van der Waals surface area contributed by atoms with Gasteiger partial charge >= 0.3 is 11.0 Å². The van der Waals surface area contributed by atoms with E-state index in [2.05, 4.69) is 20.5 Å². The molecule has 0 aliphatic rings. The van der Waals surface area contributed by atoms with E-state index in [9.17, 15) is 14.9 Å². The van der Waals surface area contributed by atoms with Gasteiger partial charge in [0.15, 0.2) is 6.61 Å². The lowest BCUT2D eigenvalue weighted by Gasteiger charge is -2.12. The van der Waals surface area contributed by atoms with Gasteiger partial charge in [-0.05, 0) is 35.1 Å². The number of esters is 1. The smallest absolute Gasteiger partial charge is 0.345 e. The zero-order valence-electron chi connectivity index (χ0n) is 15.4. The molecule has 2 aromatic carbocycles. The standard InChI is InChI=1S/C19H14N6O4S/c20-8-9-29-18(26)15-10-14(23-24-19-22-12-17(30-19)25(27)28)6-7-16(15)21-11-13-4-2-1-3-5-13/h1-7,10,12,21H,9,11H2. The maximum absolute atomic E-state index is 12.4. The number of anilines is 1. The van der Waals surface area contributed by atoms with Crippen molar-refractivity contribution in [3.8, 4) is 6.07 Å². The summed E-state index contributed by atoms with van der Waals surface area (Å²) in [4.78, 5) is 26.3. The van der Waals surface area contributed by atoms with Gasteiger partial charge in [-0.15, -0.1) is 10.2 Å². The molecule has 1 N–H and O–H groups in total. The molecule has 3 rings (SSSR count). The van der Waals surface area contributed by atoms with Crippen molar-refractivity contribution in [1.29, 1.82) is 5.26 Å². The van der Waals surface area contributed by atoms with Crippen LogP contribution in [0.15, 0.2) is 65.0 Å². The number of rotatable bonds is 8. The first kappa shape index (κ1) is 20.6. The minimum atomic E-state index is -0.686. The van der Waals surface area contributed by atoms with Gasteiger partial charge in [0, 0.05) is 12.2 Å². The Hall–Kier alpha value is -4.17. The Morgan fingerprint density at radius 2 is 2.07 bits per heavy atom. The maximum atomic E-state index is 12.4. The third-order valence-electron chi connectivity index (χ3n) is 3.73. The molecule has 0 aliphatic carbocycles. The van der Waals surface area contributed by atoms with E-state index in [-0.39, 0.29) is 22.3 Å². The van der Waals surface area contributed by atoms with E-state index in [0.29, 0.717) is 17.9 Å². The number of benzene rings is 2. The Bertz CT molecular complexity index is 1120. The van der Waals surface area contributed by atoms with Gasteiger partial charge in [-0.1, -0.05) is 30.3 Å². The van der Waals surface area contributed by atoms with Crippen molar-refractivity contribution < 1.29 is 14.5 Å². The monoisotopic (exact) mass is 422 g/mol. The Labute approximate surface area is 174 Å². The topological polar surface area (TPSA) is 143 Å². The number of carbonyl (C=O) groups is 1. The fourth-order valence-electron chi connectivity index (χ4n) is 2.37. The molecule has 0 aliphatic heterocycles. The van der Waals surface area contributed by atoms with Crippen LogP contribution in [-0.2, 0) is 11.3 Å². The molecule has 0 bridgehead atoms. The summed E-state index contributed by atoms with van der Waals surface area (Å²) in [5.41, 5.74) is 2.03. The lowest BCUT2D eigenvalue weighted by Crippen LogP contribution is -2.10. The van der Waals surface area contributed by atoms with Gasteiger partial charge in [0.2, 0.25) is 5.13 Å². The van der Waals surface area contributed by atoms with Crippen molar-refractivity contribution in [3.63, 3.8) is 0 Å². The zero-order valence-corrected chi connectivity index (χ0v) is 16.2. The normalized spacial score (nSPS) is 10.5. The summed E-state index contributed by atoms with van der Waals surface area (Å²) in [6.07, 6.45) is 1.10. The highest BCUT2D eigenvalue weighted by atomic mass is 32.1. The van der Waals surface area contributed by atoms with E-state index in [1.165, 1.54) is 6.07 Å². The van der Waals surface area contributed by atoms with Crippen molar-refractivity contribution in [1.82, 2.24) is 4.98 Å². The summed E-state index contributed by atoms with van der Waals surface area (Å²) in [6, 6.07) is 16.1. The highest BCUT2D eigenvalue weighted by Crippen LogP contribution is 2.30. The van der Waals surface area contributed by atoms with Crippen LogP contribution in [0.5, 0.6) is 0 Å². The number of hydrogen-bond donors (Lipinski definition) is 1. The Balaban J connectivity index is 1.82. The summed E-state index contributed by atoms with van der Waals surface area (Å²) in [5.74, 6) is -0.686. The van der Waals surface area contributed by atoms with Crippen molar-refractivity contribution in [2.45, 2.75) is 6.54 Å². The van der Waals surface area contributed by atoms with Gasteiger partial charge in [-0.3, -0.25) is 10.1 Å². The molecule has 3 aromatic rings. The molecular formula is C19H14N6O4S. The van der Waals surface area contributed by atoms with E-state index in [4.69, 9.17) is 10.00 Å². The van der Waals surface area contributed by atoms with Gasteiger partial charge in [0.25, 0.3) is 0 Å². The highest BCUT2D eigenvalue weighted by molar-refractivity contribution is 7.18. The second-order valence-electron chi connectivity index (χ2n) is 5.74. The Morgan fingerprint density at radius 3 is 2.77 bits per heavy atom. The van der Waals surface area contributed by atoms with Crippen LogP contribution >= 0.6 is 11.3 Å². The quantitative estimate of drug-likeness (QED) is 0.238. The number of thiazole rings is 1. The lowest BCUT2D eigenvalue weighted by molar-refractivity contribution is -0.380. The molecule has 0 radical (unpaired) electrons. The SMILES string of the molecule is N#CCOC(=O)c1cc(N=Nc2ncc([N+](=O)[O-])s2)ccc1NCc1ccccc1. The molecule has 30 heavy (non-hydrogen) atoms. The van der Waals surface area contributed by atoms with Gasteiger partial charge in [0.05, 0.1) is 16.2 Å². The average molecular weight is 422 g/mol. The first-order valence-electron chi connectivity index (χ1n) is 8.54. The largest absolute Gasteiger partial charge is 0.447 e. The van der Waals surface area contributed by atoms with Crippen LogP contribution < -0.4 is 5.32 Å². The third-order valence-corrected chi connectivity index (χ3v) is 4.56. The van der Waals surface area contributed by atoms with Crippen LogP contribution in [0.4, 0.5) is 21.5 Å². The van der Waals surface area contributed by atoms with E-state index in [1.54, 1.807) is 18.2 Å². The Kier molecular flexibility index (Phi) is 6.75. The summed E-state index contributed by atoms with van der Waals surface area (Å²) in [6.45, 7) is 0.0918. The molecule has 0 saturated heterocycles. The van der Waals surface area contributed by atoms with Gasteiger partial charge in [0.1, 0.15) is 12.3 Å². The maximum Gasteiger partial charge on any atom is 0.345 e. The van der Waals surface area contributed by atoms with Gasteiger partial charge in [-0.2, -0.15) is 5.26 Å². The average Bonchev–Trinajstić information content (AvgIpc) is 3.25. The summed E-state index contributed by atoms with van der Waals surface area (Å²) >= 11 is 0.780. The second-order valence-corrected chi connectivity index (χ2v) is 6.73. The predicted molar refractivity (Wildman–Crippen MR) is 109 cm³/mol. The number of nitrogens with zero attached hydrogens (tertiary/aromatic N) is 5. The van der Waals surface area contributed by atoms with Gasteiger partial charge in [-0.25, -0.2) is 9.78 Å². The molecule has 1 aromatic heterocycles. The number of nitro groups is 1. The van der Waals surface area contributed by atoms with Gasteiger partial charge < -0.3 is 10.1 Å². The fourth-order valence-corrected chi connectivity index (χ4v) is 2.93. The second kappa shape index (κ2) is 9.85. The number of aromatic nitrogens is 1. The summed E-state index contributed by atoms with van der Waals surface area (Å²) in [5, 5.41) is 30.4. The Morgan fingerprint density at radius 1 is 1.27 bits per heavy atom. The molecule has 0 unspecified atom stereocenters. The predicted octanol–water partition coefficient (Wildman–Crippen LogP) is 4.76. The van der Waals surface area contributed by atoms with Crippen LogP contribution in [-0.4, -0.2) is 22.5 Å². The molecular weight excluding hydrogens is 408 g/mol. The first-order valence-corrected chi connectivity index (χ1v) is 9.36. The fraction of sp³-hybridized carbons (Fsp3) is 0.105. The van der Waals surface area contributed by atoms with Crippen molar-refractivity contribution in [2.75, 3.05) is 11.9 Å². The highest BCUT2D eigenvalue weighted by Gasteiger charge is 2.15.